The molecule has 2 unspecified atom stereocenters. The maximum absolute atomic E-state index is 10.6. The van der Waals surface area contributed by atoms with Gasteiger partial charge in [-0.05, 0) is 25.5 Å². The minimum absolute atomic E-state index is 0.0334. The van der Waals surface area contributed by atoms with E-state index in [-0.39, 0.29) is 12.5 Å². The Balaban J connectivity index is 2.24. The number of halogens is 1. The van der Waals surface area contributed by atoms with E-state index >= 15 is 0 Å². The summed E-state index contributed by atoms with van der Waals surface area (Å²) in [7, 11) is 1.59. The molecule has 0 aromatic heterocycles. The first-order valence-corrected chi connectivity index (χ1v) is 6.68. The summed E-state index contributed by atoms with van der Waals surface area (Å²) in [6.45, 7) is 2.01. The number of benzene rings is 1. The van der Waals surface area contributed by atoms with E-state index in [9.17, 15) is 4.79 Å². The van der Waals surface area contributed by atoms with Gasteiger partial charge in [-0.15, -0.1) is 11.6 Å². The molecular weight excluding hydrogens is 268 g/mol. The first-order chi connectivity index (χ1) is 9.01. The van der Waals surface area contributed by atoms with Crippen LogP contribution in [0.5, 0.6) is 11.5 Å². The molecule has 0 amide bonds. The molecule has 0 saturated heterocycles. The molecule has 0 fully saturated rings. The molecule has 5 heteroatoms. The monoisotopic (exact) mass is 284 g/mol. The molecule has 1 N–H and O–H groups in total. The fourth-order valence-electron chi connectivity index (χ4n) is 2.28. The van der Waals surface area contributed by atoms with Crippen molar-refractivity contribution >= 4 is 17.6 Å². The lowest BCUT2D eigenvalue weighted by Crippen LogP contribution is -2.05. The molecule has 1 aromatic rings. The minimum atomic E-state index is -0.851. The summed E-state index contributed by atoms with van der Waals surface area (Å²) >= 11 is 6.27. The maximum atomic E-state index is 10.6. The van der Waals surface area contributed by atoms with Gasteiger partial charge in [0.25, 0.3) is 0 Å². The van der Waals surface area contributed by atoms with E-state index in [2.05, 4.69) is 0 Å². The molecule has 104 valence electrons. The molecule has 19 heavy (non-hydrogen) atoms. The first-order valence-electron chi connectivity index (χ1n) is 6.24. The predicted octanol–water partition coefficient (Wildman–Crippen LogP) is 3.16. The summed E-state index contributed by atoms with van der Waals surface area (Å²) in [5.41, 5.74) is 1.90. The Hall–Kier alpha value is -1.42. The van der Waals surface area contributed by atoms with E-state index in [0.717, 1.165) is 23.3 Å². The molecule has 1 heterocycles. The zero-order chi connectivity index (χ0) is 14.0. The number of fused-ring (bicyclic) bond motifs is 1. The third kappa shape index (κ3) is 3.13. The third-order valence-electron chi connectivity index (χ3n) is 3.20. The minimum Gasteiger partial charge on any atom is -0.496 e. The highest BCUT2D eigenvalue weighted by atomic mass is 35.5. The molecule has 2 atom stereocenters. The first kappa shape index (κ1) is 14.0. The van der Waals surface area contributed by atoms with Crippen LogP contribution < -0.4 is 9.47 Å². The number of carbonyl (C=O) groups is 1. The number of carboxylic acids is 1. The van der Waals surface area contributed by atoms with Crippen LogP contribution >= 0.6 is 11.6 Å². The molecule has 0 bridgehead atoms. The largest absolute Gasteiger partial charge is 0.496 e. The smallest absolute Gasteiger partial charge is 0.303 e. The van der Waals surface area contributed by atoms with E-state index in [1.807, 2.05) is 19.1 Å². The molecule has 1 aliphatic rings. The molecule has 0 radical (unpaired) electrons. The van der Waals surface area contributed by atoms with Crippen LogP contribution in [0.2, 0.25) is 0 Å². The van der Waals surface area contributed by atoms with Crippen molar-refractivity contribution in [3.63, 3.8) is 0 Å². The molecular formula is C14H17ClO4. The van der Waals surface area contributed by atoms with Crippen LogP contribution in [-0.2, 0) is 11.2 Å². The number of carboxylic acid groups (broad SMARTS) is 1. The van der Waals surface area contributed by atoms with E-state index in [4.69, 9.17) is 26.2 Å². The average molecular weight is 285 g/mol. The number of aliphatic carboxylic acids is 1. The van der Waals surface area contributed by atoms with Crippen LogP contribution in [0, 0.1) is 0 Å². The van der Waals surface area contributed by atoms with Crippen molar-refractivity contribution in [2.45, 2.75) is 37.7 Å². The van der Waals surface area contributed by atoms with Gasteiger partial charge in [0.1, 0.15) is 17.6 Å². The third-order valence-corrected chi connectivity index (χ3v) is 3.65. The van der Waals surface area contributed by atoms with Gasteiger partial charge in [-0.1, -0.05) is 0 Å². The Morgan fingerprint density at radius 2 is 2.37 bits per heavy atom. The van der Waals surface area contributed by atoms with Crippen molar-refractivity contribution in [3.05, 3.63) is 23.3 Å². The highest BCUT2D eigenvalue weighted by molar-refractivity contribution is 6.21. The summed E-state index contributed by atoms with van der Waals surface area (Å²) < 4.78 is 11.0. The van der Waals surface area contributed by atoms with Crippen LogP contribution in [0.3, 0.4) is 0 Å². The molecule has 1 aromatic carbocycles. The topological polar surface area (TPSA) is 55.8 Å². The second kappa shape index (κ2) is 5.70. The maximum Gasteiger partial charge on any atom is 0.303 e. The van der Waals surface area contributed by atoms with Gasteiger partial charge in [0.15, 0.2) is 0 Å². The van der Waals surface area contributed by atoms with Crippen LogP contribution in [-0.4, -0.2) is 24.3 Å². The van der Waals surface area contributed by atoms with Crippen LogP contribution in [0.25, 0.3) is 0 Å². The number of hydrogen-bond donors (Lipinski definition) is 1. The molecule has 2 rings (SSSR count). The Morgan fingerprint density at radius 3 is 3.00 bits per heavy atom. The van der Waals surface area contributed by atoms with Crippen molar-refractivity contribution in [2.24, 2.45) is 0 Å². The fraction of sp³-hybridized carbons (Fsp3) is 0.500. The summed E-state index contributed by atoms with van der Waals surface area (Å²) in [4.78, 5) is 10.6. The Morgan fingerprint density at radius 1 is 1.63 bits per heavy atom. The normalized spacial score (nSPS) is 18.6. The van der Waals surface area contributed by atoms with Crippen molar-refractivity contribution < 1.29 is 19.4 Å². The number of ether oxygens (including phenoxy) is 2. The summed E-state index contributed by atoms with van der Waals surface area (Å²) in [6, 6.07) is 3.81. The number of rotatable bonds is 5. The zero-order valence-corrected chi connectivity index (χ0v) is 11.7. The highest BCUT2D eigenvalue weighted by Gasteiger charge is 2.24. The van der Waals surface area contributed by atoms with Crippen LogP contribution in [0.15, 0.2) is 12.1 Å². The second-order valence-corrected chi connectivity index (χ2v) is 5.26. The van der Waals surface area contributed by atoms with Gasteiger partial charge in [-0.2, -0.15) is 0 Å². The molecule has 4 nitrogen and oxygen atoms in total. The van der Waals surface area contributed by atoms with Gasteiger partial charge in [0.05, 0.1) is 12.5 Å². The van der Waals surface area contributed by atoms with Crippen molar-refractivity contribution in [1.82, 2.24) is 0 Å². The number of methoxy groups -OCH3 is 1. The van der Waals surface area contributed by atoms with Crippen LogP contribution in [0.4, 0.5) is 0 Å². The lowest BCUT2D eigenvalue weighted by atomic mass is 10.0. The quantitative estimate of drug-likeness (QED) is 0.844. The molecule has 0 spiro atoms. The molecule has 1 aliphatic heterocycles. The summed E-state index contributed by atoms with van der Waals surface area (Å²) in [5, 5.41) is 8.32. The zero-order valence-electron chi connectivity index (χ0n) is 11.0. The standard InChI is InChI=1S/C14H17ClO4/c1-8-5-9-6-13(18-2)10(7-12(9)19-8)11(15)3-4-14(16)17/h6-8,11H,3-5H2,1-2H3,(H,16,17). The van der Waals surface area contributed by atoms with Gasteiger partial charge in [0, 0.05) is 24.0 Å². The lowest BCUT2D eigenvalue weighted by molar-refractivity contribution is -0.137. The van der Waals surface area contributed by atoms with Crippen molar-refractivity contribution in [3.8, 4) is 11.5 Å². The second-order valence-electron chi connectivity index (χ2n) is 4.73. The van der Waals surface area contributed by atoms with Gasteiger partial charge in [-0.25, -0.2) is 0 Å². The van der Waals surface area contributed by atoms with E-state index in [0.29, 0.717) is 12.2 Å². The van der Waals surface area contributed by atoms with E-state index in [1.54, 1.807) is 7.11 Å². The van der Waals surface area contributed by atoms with E-state index < -0.39 is 11.3 Å². The average Bonchev–Trinajstić information content (AvgIpc) is 2.73. The van der Waals surface area contributed by atoms with Gasteiger partial charge in [0.2, 0.25) is 0 Å². The van der Waals surface area contributed by atoms with Gasteiger partial charge < -0.3 is 14.6 Å². The highest BCUT2D eigenvalue weighted by Crippen LogP contribution is 2.40. The number of alkyl halides is 1. The van der Waals surface area contributed by atoms with E-state index in [1.165, 1.54) is 0 Å². The van der Waals surface area contributed by atoms with Crippen LogP contribution in [0.1, 0.15) is 36.3 Å². The Kier molecular flexibility index (Phi) is 4.20. The Bertz CT molecular complexity index is 487. The van der Waals surface area contributed by atoms with Crippen molar-refractivity contribution in [2.75, 3.05) is 7.11 Å². The molecule has 0 saturated carbocycles. The predicted molar refractivity (Wildman–Crippen MR) is 72.3 cm³/mol. The summed E-state index contributed by atoms with van der Waals surface area (Å²) in [5.74, 6) is 0.668. The van der Waals surface area contributed by atoms with Gasteiger partial charge >= 0.3 is 5.97 Å². The summed E-state index contributed by atoms with van der Waals surface area (Å²) in [6.07, 6.45) is 1.41. The SMILES string of the molecule is COc1cc2c(cc1C(Cl)CCC(=O)O)OC(C)C2. The fourth-order valence-corrected chi connectivity index (χ4v) is 2.56. The lowest BCUT2D eigenvalue weighted by Gasteiger charge is -2.15. The van der Waals surface area contributed by atoms with Crippen molar-refractivity contribution in [1.29, 1.82) is 0 Å². The number of hydrogen-bond acceptors (Lipinski definition) is 3. The van der Waals surface area contributed by atoms with Gasteiger partial charge in [-0.3, -0.25) is 4.79 Å². The molecule has 0 aliphatic carbocycles. The Labute approximate surface area is 117 Å².